The minimum absolute atomic E-state index is 0.125. The predicted molar refractivity (Wildman–Crippen MR) is 105 cm³/mol. The molecule has 3 heterocycles. The number of aromatic nitrogens is 4. The van der Waals surface area contributed by atoms with Gasteiger partial charge in [-0.05, 0) is 44.2 Å². The second kappa shape index (κ2) is 7.66. The van der Waals surface area contributed by atoms with Gasteiger partial charge in [0.15, 0.2) is 5.69 Å². The van der Waals surface area contributed by atoms with Crippen molar-refractivity contribution in [1.82, 2.24) is 19.2 Å². The van der Waals surface area contributed by atoms with Gasteiger partial charge in [-0.15, -0.1) is 0 Å². The number of fused-ring (bicyclic) bond motifs is 1. The van der Waals surface area contributed by atoms with E-state index in [2.05, 4.69) is 15.4 Å². The molecule has 10 heteroatoms. The summed E-state index contributed by atoms with van der Waals surface area (Å²) in [6.07, 6.45) is 2.09. The number of carbonyl (C=O) groups excluding carboxylic acids is 1. The smallest absolute Gasteiger partial charge is 0.368 e. The zero-order chi connectivity index (χ0) is 21.5. The lowest BCUT2D eigenvalue weighted by Crippen LogP contribution is -2.29. The maximum atomic E-state index is 13.0. The van der Waals surface area contributed by atoms with Crippen LogP contribution in [0.1, 0.15) is 60.4 Å². The van der Waals surface area contributed by atoms with Gasteiger partial charge >= 0.3 is 6.18 Å². The molecule has 7 nitrogen and oxygen atoms in total. The predicted octanol–water partition coefficient (Wildman–Crippen LogP) is 3.81. The van der Waals surface area contributed by atoms with E-state index in [9.17, 15) is 18.0 Å². The number of primary amides is 1. The van der Waals surface area contributed by atoms with Crippen LogP contribution in [0.3, 0.4) is 0 Å². The molecule has 1 amide bonds. The summed E-state index contributed by atoms with van der Waals surface area (Å²) in [5.41, 5.74) is 6.09. The van der Waals surface area contributed by atoms with Crippen molar-refractivity contribution in [2.45, 2.75) is 57.3 Å². The molecule has 0 aromatic carbocycles. The first kappa shape index (κ1) is 20.2. The number of nitrogens with one attached hydrogen (secondary N) is 1. The van der Waals surface area contributed by atoms with E-state index in [0.29, 0.717) is 17.8 Å². The number of carbonyl (C=O) groups is 1. The van der Waals surface area contributed by atoms with Crippen molar-refractivity contribution in [3.63, 3.8) is 0 Å². The first-order valence-electron chi connectivity index (χ1n) is 9.96. The molecule has 3 aromatic heterocycles. The zero-order valence-corrected chi connectivity index (χ0v) is 16.5. The van der Waals surface area contributed by atoms with Crippen LogP contribution < -0.4 is 11.1 Å². The number of rotatable bonds is 5. The minimum atomic E-state index is -4.48. The van der Waals surface area contributed by atoms with Crippen LogP contribution in [0.4, 0.5) is 19.0 Å². The topological polar surface area (TPSA) is 90.2 Å². The lowest BCUT2D eigenvalue weighted by molar-refractivity contribution is -0.140. The lowest BCUT2D eigenvalue weighted by Gasteiger charge is -2.31. The molecule has 3 N–H and O–H groups in total. The van der Waals surface area contributed by atoms with Crippen molar-refractivity contribution in [2.75, 3.05) is 5.32 Å². The standard InChI is InChI=1S/C20H23F3N6O/c1-2-15-14(19(24)30)10-25-29(15)13-8-6-12(7-9-13)26-17-4-3-5-18-27-16(11-28(17)18)20(21,22)23/h3-5,10-13,26H,2,6-9H2,1H3,(H2,24,30). The van der Waals surface area contributed by atoms with E-state index in [1.807, 2.05) is 11.6 Å². The molecule has 0 bridgehead atoms. The second-order valence-electron chi connectivity index (χ2n) is 7.58. The van der Waals surface area contributed by atoms with Gasteiger partial charge in [0.2, 0.25) is 0 Å². The Hall–Kier alpha value is -3.04. The third-order valence-corrected chi connectivity index (χ3v) is 5.68. The Balaban J connectivity index is 1.47. The first-order chi connectivity index (χ1) is 14.3. The molecule has 1 fully saturated rings. The Morgan fingerprint density at radius 1 is 1.27 bits per heavy atom. The van der Waals surface area contributed by atoms with Gasteiger partial charge in [-0.25, -0.2) is 4.98 Å². The normalized spacial score (nSPS) is 19.9. The fraction of sp³-hybridized carbons (Fsp3) is 0.450. The maximum absolute atomic E-state index is 13.0. The van der Waals surface area contributed by atoms with E-state index in [0.717, 1.165) is 37.6 Å². The summed E-state index contributed by atoms with van der Waals surface area (Å²) in [4.78, 5) is 15.3. The van der Waals surface area contributed by atoms with Crippen LogP contribution in [-0.4, -0.2) is 31.1 Å². The number of halogens is 3. The first-order valence-corrected chi connectivity index (χ1v) is 9.96. The zero-order valence-electron chi connectivity index (χ0n) is 16.5. The van der Waals surface area contributed by atoms with Crippen LogP contribution in [-0.2, 0) is 12.6 Å². The number of pyridine rings is 1. The molecule has 1 aliphatic rings. The third-order valence-electron chi connectivity index (χ3n) is 5.68. The Bertz CT molecular complexity index is 1060. The van der Waals surface area contributed by atoms with Crippen molar-refractivity contribution >= 4 is 17.4 Å². The van der Waals surface area contributed by atoms with E-state index in [4.69, 9.17) is 5.73 Å². The minimum Gasteiger partial charge on any atom is -0.368 e. The summed E-state index contributed by atoms with van der Waals surface area (Å²) < 4.78 is 42.3. The highest BCUT2D eigenvalue weighted by atomic mass is 19.4. The number of imidazole rings is 1. The van der Waals surface area contributed by atoms with Crippen LogP contribution in [0.15, 0.2) is 30.6 Å². The monoisotopic (exact) mass is 420 g/mol. The van der Waals surface area contributed by atoms with Crippen LogP contribution in [0.2, 0.25) is 0 Å². The molecule has 0 aliphatic heterocycles. The van der Waals surface area contributed by atoms with Crippen LogP contribution in [0.5, 0.6) is 0 Å². The second-order valence-corrected chi connectivity index (χ2v) is 7.58. The summed E-state index contributed by atoms with van der Waals surface area (Å²) in [5, 5.41) is 7.75. The molecule has 30 heavy (non-hydrogen) atoms. The van der Waals surface area contributed by atoms with Gasteiger partial charge < -0.3 is 11.1 Å². The summed E-state index contributed by atoms with van der Waals surface area (Å²) >= 11 is 0. The van der Waals surface area contributed by atoms with Crippen molar-refractivity contribution in [1.29, 1.82) is 0 Å². The summed E-state index contributed by atoms with van der Waals surface area (Å²) in [6.45, 7) is 1.97. The molecule has 0 radical (unpaired) electrons. The molecular formula is C20H23F3N6O. The maximum Gasteiger partial charge on any atom is 0.434 e. The molecule has 0 spiro atoms. The van der Waals surface area contributed by atoms with E-state index in [1.165, 1.54) is 10.6 Å². The summed E-state index contributed by atoms with van der Waals surface area (Å²) in [6, 6.07) is 5.30. The largest absolute Gasteiger partial charge is 0.434 e. The number of hydrogen-bond acceptors (Lipinski definition) is 4. The van der Waals surface area contributed by atoms with Gasteiger partial charge in [0.25, 0.3) is 5.91 Å². The molecular weight excluding hydrogens is 397 g/mol. The highest BCUT2D eigenvalue weighted by molar-refractivity contribution is 5.93. The number of nitrogens with two attached hydrogens (primary N) is 1. The number of amides is 1. The molecule has 1 saturated carbocycles. The van der Waals surface area contributed by atoms with Gasteiger partial charge in [0.1, 0.15) is 11.5 Å². The molecule has 0 atom stereocenters. The Morgan fingerprint density at radius 2 is 2.00 bits per heavy atom. The third kappa shape index (κ3) is 3.73. The molecule has 0 unspecified atom stereocenters. The van der Waals surface area contributed by atoms with E-state index in [1.54, 1.807) is 18.2 Å². The van der Waals surface area contributed by atoms with E-state index in [-0.39, 0.29) is 17.7 Å². The number of nitrogens with zero attached hydrogens (tertiary/aromatic N) is 4. The average molecular weight is 420 g/mol. The fourth-order valence-electron chi connectivity index (χ4n) is 4.20. The van der Waals surface area contributed by atoms with Crippen molar-refractivity contribution in [3.05, 3.63) is 47.5 Å². The van der Waals surface area contributed by atoms with Crippen LogP contribution in [0, 0.1) is 0 Å². The van der Waals surface area contributed by atoms with Gasteiger partial charge in [-0.2, -0.15) is 18.3 Å². The summed E-state index contributed by atoms with van der Waals surface area (Å²) in [5.74, 6) is 0.114. The van der Waals surface area contributed by atoms with Crippen LogP contribution >= 0.6 is 0 Å². The Labute approximate surface area is 171 Å². The van der Waals surface area contributed by atoms with E-state index >= 15 is 0 Å². The quantitative estimate of drug-likeness (QED) is 0.657. The number of anilines is 1. The Morgan fingerprint density at radius 3 is 2.63 bits per heavy atom. The highest BCUT2D eigenvalue weighted by Crippen LogP contribution is 2.33. The molecule has 4 rings (SSSR count). The summed E-state index contributed by atoms with van der Waals surface area (Å²) in [7, 11) is 0. The van der Waals surface area contributed by atoms with Crippen LogP contribution in [0.25, 0.3) is 5.65 Å². The highest BCUT2D eigenvalue weighted by Gasteiger charge is 2.34. The number of alkyl halides is 3. The molecule has 1 aliphatic carbocycles. The van der Waals surface area contributed by atoms with Gasteiger partial charge in [-0.1, -0.05) is 13.0 Å². The molecule has 0 saturated heterocycles. The lowest BCUT2D eigenvalue weighted by atomic mass is 9.91. The number of hydrogen-bond donors (Lipinski definition) is 2. The molecule has 160 valence electrons. The SMILES string of the molecule is CCc1c(C(N)=O)cnn1C1CCC(Nc2cccc3nc(C(F)(F)F)cn23)CC1. The van der Waals surface area contributed by atoms with Crippen molar-refractivity contribution < 1.29 is 18.0 Å². The van der Waals surface area contributed by atoms with Crippen molar-refractivity contribution in [2.24, 2.45) is 5.73 Å². The van der Waals surface area contributed by atoms with Crippen molar-refractivity contribution in [3.8, 4) is 0 Å². The molecule has 3 aromatic rings. The van der Waals surface area contributed by atoms with Gasteiger partial charge in [-0.3, -0.25) is 13.9 Å². The Kier molecular flexibility index (Phi) is 5.17. The fourth-order valence-corrected chi connectivity index (χ4v) is 4.20. The average Bonchev–Trinajstić information content (AvgIpc) is 3.33. The van der Waals surface area contributed by atoms with Gasteiger partial charge in [0, 0.05) is 12.2 Å². The van der Waals surface area contributed by atoms with E-state index < -0.39 is 17.8 Å². The van der Waals surface area contributed by atoms with Gasteiger partial charge in [0.05, 0.1) is 23.5 Å².